The number of methoxy groups -OCH3 is 2. The van der Waals surface area contributed by atoms with Crippen LogP contribution in [0.5, 0.6) is 11.5 Å². The lowest BCUT2D eigenvalue weighted by Gasteiger charge is -2.09. The Kier molecular flexibility index (Phi) is 5.19. The minimum absolute atomic E-state index is 0.613. The van der Waals surface area contributed by atoms with Crippen LogP contribution in [0.4, 0.5) is 0 Å². The molecule has 0 bridgehead atoms. The van der Waals surface area contributed by atoms with Gasteiger partial charge in [0.15, 0.2) is 16.4 Å². The molecule has 1 unspecified atom stereocenters. The largest absolute Gasteiger partial charge is 0.593 e. The molecule has 0 saturated carbocycles. The van der Waals surface area contributed by atoms with Crippen molar-refractivity contribution in [2.24, 2.45) is 5.14 Å². The molecule has 20 heavy (non-hydrogen) atoms. The van der Waals surface area contributed by atoms with Crippen molar-refractivity contribution in [3.05, 3.63) is 42.5 Å². The first-order valence-electron chi connectivity index (χ1n) is 5.80. The fourth-order valence-electron chi connectivity index (χ4n) is 1.66. The normalized spacial score (nSPS) is 12.0. The van der Waals surface area contributed by atoms with Gasteiger partial charge in [0.05, 0.1) is 25.6 Å². The zero-order chi connectivity index (χ0) is 14.5. The number of ether oxygens (including phenoxy) is 2. The summed E-state index contributed by atoms with van der Waals surface area (Å²) in [6, 6.07) is 13.0. The van der Waals surface area contributed by atoms with Crippen molar-refractivity contribution in [1.29, 1.82) is 0 Å². The molecule has 2 rings (SSSR count). The van der Waals surface area contributed by atoms with E-state index in [4.69, 9.17) is 14.6 Å². The summed E-state index contributed by atoms with van der Waals surface area (Å²) in [7, 11) is 3.22. The molecule has 106 valence electrons. The lowest BCUT2D eigenvalue weighted by molar-refractivity contribution is 0.354. The molecule has 0 heterocycles. The van der Waals surface area contributed by atoms with E-state index in [-0.39, 0.29) is 0 Å². The zero-order valence-corrected chi connectivity index (χ0v) is 12.8. The van der Waals surface area contributed by atoms with Crippen molar-refractivity contribution >= 4 is 23.1 Å². The van der Waals surface area contributed by atoms with E-state index < -0.39 is 11.4 Å². The molecule has 2 aromatic rings. The molecular formula is C14H15NO3S2. The van der Waals surface area contributed by atoms with Crippen LogP contribution in [0.1, 0.15) is 0 Å². The lowest BCUT2D eigenvalue weighted by Crippen LogP contribution is -2.11. The Labute approximate surface area is 125 Å². The van der Waals surface area contributed by atoms with Gasteiger partial charge >= 0.3 is 0 Å². The van der Waals surface area contributed by atoms with E-state index >= 15 is 0 Å². The van der Waals surface area contributed by atoms with Crippen LogP contribution in [-0.4, -0.2) is 18.8 Å². The molecule has 4 nitrogen and oxygen atoms in total. The molecule has 0 radical (unpaired) electrons. The highest BCUT2D eigenvalue weighted by Crippen LogP contribution is 2.35. The van der Waals surface area contributed by atoms with Gasteiger partial charge in [-0.1, -0.05) is 11.8 Å². The highest BCUT2D eigenvalue weighted by atomic mass is 32.2. The maximum atomic E-state index is 11.1. The van der Waals surface area contributed by atoms with Crippen molar-refractivity contribution in [1.82, 2.24) is 0 Å². The van der Waals surface area contributed by atoms with Gasteiger partial charge in [-0.2, -0.15) is 0 Å². The molecule has 2 N–H and O–H groups in total. The summed E-state index contributed by atoms with van der Waals surface area (Å²) in [5.41, 5.74) is 0. The molecule has 1 atom stereocenters. The maximum Gasteiger partial charge on any atom is 0.173 e. The Morgan fingerprint density at radius 2 is 1.55 bits per heavy atom. The molecule has 0 aromatic heterocycles. The smallest absolute Gasteiger partial charge is 0.173 e. The Hall–Kier alpha value is -1.34. The number of nitrogens with two attached hydrogens (primary N) is 1. The third kappa shape index (κ3) is 3.61. The number of hydrogen-bond acceptors (Lipinski definition) is 5. The van der Waals surface area contributed by atoms with Crippen molar-refractivity contribution in [2.45, 2.75) is 14.7 Å². The highest BCUT2D eigenvalue weighted by Gasteiger charge is 2.08. The summed E-state index contributed by atoms with van der Waals surface area (Å²) in [6.45, 7) is 0. The van der Waals surface area contributed by atoms with Gasteiger partial charge in [-0.25, -0.2) is 0 Å². The molecule has 0 amide bonds. The lowest BCUT2D eigenvalue weighted by atomic mass is 10.3. The second kappa shape index (κ2) is 6.90. The Morgan fingerprint density at radius 3 is 2.10 bits per heavy atom. The van der Waals surface area contributed by atoms with E-state index in [1.165, 1.54) is 0 Å². The van der Waals surface area contributed by atoms with E-state index in [9.17, 15) is 4.55 Å². The van der Waals surface area contributed by atoms with Gasteiger partial charge < -0.3 is 14.0 Å². The first-order valence-corrected chi connectivity index (χ1v) is 7.83. The van der Waals surface area contributed by atoms with Gasteiger partial charge in [-0.15, -0.1) is 5.14 Å². The van der Waals surface area contributed by atoms with E-state index in [1.54, 1.807) is 38.1 Å². The van der Waals surface area contributed by atoms with Gasteiger partial charge in [0.25, 0.3) is 0 Å². The third-order valence-electron chi connectivity index (χ3n) is 2.65. The van der Waals surface area contributed by atoms with Crippen LogP contribution in [-0.2, 0) is 11.4 Å². The second-order valence-corrected chi connectivity index (χ2v) is 6.10. The van der Waals surface area contributed by atoms with Crippen LogP contribution in [0.15, 0.2) is 57.2 Å². The summed E-state index contributed by atoms with van der Waals surface area (Å²) < 4.78 is 21.6. The molecule has 2 aromatic carbocycles. The number of rotatable bonds is 5. The van der Waals surface area contributed by atoms with Crippen LogP contribution >= 0.6 is 11.8 Å². The molecule has 0 aliphatic carbocycles. The van der Waals surface area contributed by atoms with E-state index in [0.29, 0.717) is 16.4 Å². The number of benzene rings is 2. The van der Waals surface area contributed by atoms with E-state index in [2.05, 4.69) is 0 Å². The molecule has 0 aliphatic heterocycles. The van der Waals surface area contributed by atoms with Crippen LogP contribution in [0, 0.1) is 0 Å². The molecule has 0 saturated heterocycles. The minimum Gasteiger partial charge on any atom is -0.593 e. The van der Waals surface area contributed by atoms with Crippen molar-refractivity contribution in [3.63, 3.8) is 0 Å². The Morgan fingerprint density at radius 1 is 0.950 bits per heavy atom. The van der Waals surface area contributed by atoms with Gasteiger partial charge in [0, 0.05) is 9.79 Å². The standard InChI is InChI=1S/C14H15NO3S2/c1-17-13-8-5-11(9-14(13)18-2)19-10-3-6-12(7-4-10)20(15)16/h3-9H,15H2,1-2H3. The van der Waals surface area contributed by atoms with Gasteiger partial charge in [-0.3, -0.25) is 0 Å². The van der Waals surface area contributed by atoms with Crippen LogP contribution < -0.4 is 14.6 Å². The predicted molar refractivity (Wildman–Crippen MR) is 80.7 cm³/mol. The second-order valence-electron chi connectivity index (χ2n) is 3.89. The fraction of sp³-hybridized carbons (Fsp3) is 0.143. The first kappa shape index (κ1) is 15.1. The van der Waals surface area contributed by atoms with E-state index in [1.807, 2.05) is 30.3 Å². The summed E-state index contributed by atoms with van der Waals surface area (Å²) in [4.78, 5) is 2.68. The summed E-state index contributed by atoms with van der Waals surface area (Å²) >= 11 is 0.142. The van der Waals surface area contributed by atoms with Crippen LogP contribution in [0.3, 0.4) is 0 Å². The number of hydrogen-bond donors (Lipinski definition) is 1. The minimum atomic E-state index is -1.44. The predicted octanol–water partition coefficient (Wildman–Crippen LogP) is 2.84. The van der Waals surface area contributed by atoms with E-state index in [0.717, 1.165) is 9.79 Å². The monoisotopic (exact) mass is 309 g/mol. The molecule has 6 heteroatoms. The summed E-state index contributed by atoms with van der Waals surface area (Å²) in [5, 5.41) is 5.32. The van der Waals surface area contributed by atoms with Gasteiger partial charge in [0.2, 0.25) is 0 Å². The average molecular weight is 309 g/mol. The fourth-order valence-corrected chi connectivity index (χ4v) is 2.91. The average Bonchev–Trinajstić information content (AvgIpc) is 2.47. The van der Waals surface area contributed by atoms with Crippen LogP contribution in [0.2, 0.25) is 0 Å². The van der Waals surface area contributed by atoms with Crippen molar-refractivity contribution < 1.29 is 14.0 Å². The third-order valence-corrected chi connectivity index (χ3v) is 4.38. The van der Waals surface area contributed by atoms with Crippen LogP contribution in [0.25, 0.3) is 0 Å². The van der Waals surface area contributed by atoms with Gasteiger partial charge in [-0.05, 0) is 42.5 Å². The SMILES string of the molecule is COc1ccc(Sc2ccc([S+](N)[O-])cc2)cc1OC. The summed E-state index contributed by atoms with van der Waals surface area (Å²) in [5.74, 6) is 1.39. The first-order chi connectivity index (χ1) is 9.63. The zero-order valence-electron chi connectivity index (χ0n) is 11.2. The van der Waals surface area contributed by atoms with Crippen molar-refractivity contribution in [3.8, 4) is 11.5 Å². The molecular weight excluding hydrogens is 294 g/mol. The maximum absolute atomic E-state index is 11.1. The molecule has 0 fully saturated rings. The Balaban J connectivity index is 2.17. The van der Waals surface area contributed by atoms with Crippen molar-refractivity contribution in [2.75, 3.05) is 14.2 Å². The summed E-state index contributed by atoms with van der Waals surface area (Å²) in [6.07, 6.45) is 0. The molecule has 0 aliphatic rings. The highest BCUT2D eigenvalue weighted by molar-refractivity contribution is 7.99. The van der Waals surface area contributed by atoms with Gasteiger partial charge in [0.1, 0.15) is 0 Å². The topological polar surface area (TPSA) is 67.5 Å². The quantitative estimate of drug-likeness (QED) is 0.860. The molecule has 0 spiro atoms. The Bertz CT molecular complexity index is 573.